The Balaban J connectivity index is 2.31. The Bertz CT molecular complexity index is 281. The Morgan fingerprint density at radius 3 is 2.89 bits per heavy atom. The molecule has 2 N–H and O–H groups in total. The van der Waals surface area contributed by atoms with E-state index in [4.69, 9.17) is 0 Å². The SMILES string of the molecule is C=CCNC(=O)CN1CCN(C[C@H](C)O)[C@@H](C)C1. The Morgan fingerprint density at radius 1 is 1.61 bits per heavy atom. The standard InChI is InChI=1S/C13H25N3O2/c1-4-5-14-13(18)10-15-6-7-16(9-12(3)17)11(2)8-15/h4,11-12,17H,1,5-10H2,2-3H3,(H,14,18)/t11-,12-/m0/s1. The third-order valence-corrected chi connectivity index (χ3v) is 3.16. The summed E-state index contributed by atoms with van der Waals surface area (Å²) in [6.07, 6.45) is 1.39. The van der Waals surface area contributed by atoms with E-state index < -0.39 is 0 Å². The minimum atomic E-state index is -0.296. The Morgan fingerprint density at radius 2 is 2.33 bits per heavy atom. The molecule has 0 aromatic carbocycles. The highest BCUT2D eigenvalue weighted by Crippen LogP contribution is 2.09. The van der Waals surface area contributed by atoms with Crippen LogP contribution in [-0.2, 0) is 4.79 Å². The molecule has 104 valence electrons. The molecule has 1 rings (SSSR count). The van der Waals surface area contributed by atoms with Crippen molar-refractivity contribution in [2.45, 2.75) is 26.0 Å². The molecule has 0 aromatic heterocycles. The van der Waals surface area contributed by atoms with Crippen molar-refractivity contribution < 1.29 is 9.90 Å². The molecule has 1 aliphatic heterocycles. The van der Waals surface area contributed by atoms with Crippen LogP contribution in [0.1, 0.15) is 13.8 Å². The summed E-state index contributed by atoms with van der Waals surface area (Å²) in [5, 5.41) is 12.2. The zero-order chi connectivity index (χ0) is 13.5. The summed E-state index contributed by atoms with van der Waals surface area (Å²) in [5.74, 6) is 0.0473. The van der Waals surface area contributed by atoms with Crippen molar-refractivity contribution in [1.29, 1.82) is 0 Å². The summed E-state index contributed by atoms with van der Waals surface area (Å²) in [7, 11) is 0. The average molecular weight is 255 g/mol. The van der Waals surface area contributed by atoms with Gasteiger partial charge in [-0.05, 0) is 13.8 Å². The van der Waals surface area contributed by atoms with Crippen LogP contribution in [0.25, 0.3) is 0 Å². The van der Waals surface area contributed by atoms with E-state index in [0.29, 0.717) is 25.7 Å². The fraction of sp³-hybridized carbons (Fsp3) is 0.769. The van der Waals surface area contributed by atoms with Crippen LogP contribution in [-0.4, -0.2) is 72.2 Å². The number of rotatable bonds is 6. The van der Waals surface area contributed by atoms with E-state index in [-0.39, 0.29) is 12.0 Å². The minimum Gasteiger partial charge on any atom is -0.392 e. The van der Waals surface area contributed by atoms with Gasteiger partial charge in [-0.1, -0.05) is 6.08 Å². The maximum Gasteiger partial charge on any atom is 0.234 e. The van der Waals surface area contributed by atoms with Crippen molar-refractivity contribution in [3.05, 3.63) is 12.7 Å². The Hall–Kier alpha value is -0.910. The molecule has 0 saturated carbocycles. The molecule has 1 aliphatic rings. The predicted molar refractivity (Wildman–Crippen MR) is 72.4 cm³/mol. The summed E-state index contributed by atoms with van der Waals surface area (Å²) < 4.78 is 0. The molecule has 5 heteroatoms. The first-order valence-electron chi connectivity index (χ1n) is 6.55. The van der Waals surface area contributed by atoms with Crippen LogP contribution in [0, 0.1) is 0 Å². The van der Waals surface area contributed by atoms with E-state index in [2.05, 4.69) is 28.6 Å². The number of carbonyl (C=O) groups is 1. The van der Waals surface area contributed by atoms with E-state index in [1.807, 2.05) is 6.92 Å². The molecular formula is C13H25N3O2. The van der Waals surface area contributed by atoms with E-state index in [0.717, 1.165) is 19.6 Å². The van der Waals surface area contributed by atoms with Gasteiger partial charge in [-0.3, -0.25) is 14.6 Å². The molecule has 2 atom stereocenters. The van der Waals surface area contributed by atoms with Crippen molar-refractivity contribution in [3.63, 3.8) is 0 Å². The van der Waals surface area contributed by atoms with Gasteiger partial charge in [0.05, 0.1) is 12.6 Å². The van der Waals surface area contributed by atoms with Gasteiger partial charge in [0.2, 0.25) is 5.91 Å². The number of piperazine rings is 1. The fourth-order valence-corrected chi connectivity index (χ4v) is 2.27. The maximum atomic E-state index is 11.6. The number of amides is 1. The van der Waals surface area contributed by atoms with Gasteiger partial charge in [-0.15, -0.1) is 6.58 Å². The van der Waals surface area contributed by atoms with Crippen LogP contribution in [0.4, 0.5) is 0 Å². The summed E-state index contributed by atoms with van der Waals surface area (Å²) in [5.41, 5.74) is 0. The number of hydrogen-bond donors (Lipinski definition) is 2. The lowest BCUT2D eigenvalue weighted by Gasteiger charge is -2.40. The first-order chi connectivity index (χ1) is 8.52. The lowest BCUT2D eigenvalue weighted by Crippen LogP contribution is -2.55. The molecule has 1 fully saturated rings. The molecule has 0 unspecified atom stereocenters. The normalized spacial score (nSPS) is 23.6. The van der Waals surface area contributed by atoms with Gasteiger partial charge in [0.25, 0.3) is 0 Å². The number of nitrogens with one attached hydrogen (secondary N) is 1. The molecule has 0 radical (unpaired) electrons. The Kier molecular flexibility index (Phi) is 6.32. The van der Waals surface area contributed by atoms with Crippen LogP contribution in [0.5, 0.6) is 0 Å². The number of carbonyl (C=O) groups excluding carboxylic acids is 1. The van der Waals surface area contributed by atoms with Crippen LogP contribution >= 0.6 is 0 Å². The third-order valence-electron chi connectivity index (χ3n) is 3.16. The summed E-state index contributed by atoms with van der Waals surface area (Å²) in [6.45, 7) is 11.8. The highest BCUT2D eigenvalue weighted by Gasteiger charge is 2.25. The first-order valence-corrected chi connectivity index (χ1v) is 6.55. The maximum absolute atomic E-state index is 11.6. The van der Waals surface area contributed by atoms with Crippen LogP contribution in [0.2, 0.25) is 0 Å². The molecule has 0 aliphatic carbocycles. The minimum absolute atomic E-state index is 0.0473. The zero-order valence-corrected chi connectivity index (χ0v) is 11.4. The highest BCUT2D eigenvalue weighted by molar-refractivity contribution is 5.78. The molecule has 0 spiro atoms. The van der Waals surface area contributed by atoms with E-state index in [9.17, 15) is 9.90 Å². The van der Waals surface area contributed by atoms with Gasteiger partial charge in [-0.25, -0.2) is 0 Å². The zero-order valence-electron chi connectivity index (χ0n) is 11.4. The van der Waals surface area contributed by atoms with Gasteiger partial charge in [-0.2, -0.15) is 0 Å². The summed E-state index contributed by atoms with van der Waals surface area (Å²) in [4.78, 5) is 16.0. The average Bonchev–Trinajstić information content (AvgIpc) is 2.29. The van der Waals surface area contributed by atoms with Crippen LogP contribution < -0.4 is 5.32 Å². The lowest BCUT2D eigenvalue weighted by atomic mass is 10.1. The Labute approximate surface area is 109 Å². The van der Waals surface area contributed by atoms with E-state index in [1.165, 1.54) is 0 Å². The van der Waals surface area contributed by atoms with Crippen molar-refractivity contribution in [3.8, 4) is 0 Å². The monoisotopic (exact) mass is 255 g/mol. The predicted octanol–water partition coefficient (Wildman–Crippen LogP) is -0.324. The number of β-amino-alcohol motifs (C(OH)–C–C–N with tert-alkyl or cyclic N) is 1. The largest absolute Gasteiger partial charge is 0.392 e. The first kappa shape index (κ1) is 15.1. The molecule has 0 aromatic rings. The van der Waals surface area contributed by atoms with Gasteiger partial charge < -0.3 is 10.4 Å². The van der Waals surface area contributed by atoms with Crippen LogP contribution in [0.3, 0.4) is 0 Å². The van der Waals surface area contributed by atoms with Crippen molar-refractivity contribution >= 4 is 5.91 Å². The molecule has 1 amide bonds. The van der Waals surface area contributed by atoms with Gasteiger partial charge in [0.15, 0.2) is 0 Å². The fourth-order valence-electron chi connectivity index (χ4n) is 2.27. The second-order valence-electron chi connectivity index (χ2n) is 5.02. The number of aliphatic hydroxyl groups is 1. The molecule has 0 bridgehead atoms. The second-order valence-corrected chi connectivity index (χ2v) is 5.02. The lowest BCUT2D eigenvalue weighted by molar-refractivity contribution is -0.122. The summed E-state index contributed by atoms with van der Waals surface area (Å²) in [6, 6.07) is 0.376. The van der Waals surface area contributed by atoms with Gasteiger partial charge in [0.1, 0.15) is 0 Å². The molecule has 5 nitrogen and oxygen atoms in total. The number of nitrogens with zero attached hydrogens (tertiary/aromatic N) is 2. The van der Waals surface area contributed by atoms with Gasteiger partial charge in [0, 0.05) is 38.8 Å². The van der Waals surface area contributed by atoms with Crippen molar-refractivity contribution in [1.82, 2.24) is 15.1 Å². The van der Waals surface area contributed by atoms with Crippen LogP contribution in [0.15, 0.2) is 12.7 Å². The van der Waals surface area contributed by atoms with Crippen molar-refractivity contribution in [2.75, 3.05) is 39.3 Å². The second kappa shape index (κ2) is 7.51. The number of aliphatic hydroxyl groups excluding tert-OH is 1. The van der Waals surface area contributed by atoms with E-state index in [1.54, 1.807) is 6.08 Å². The molecular weight excluding hydrogens is 230 g/mol. The quantitative estimate of drug-likeness (QED) is 0.639. The smallest absolute Gasteiger partial charge is 0.234 e. The highest BCUT2D eigenvalue weighted by atomic mass is 16.3. The van der Waals surface area contributed by atoms with E-state index >= 15 is 0 Å². The summed E-state index contributed by atoms with van der Waals surface area (Å²) >= 11 is 0. The molecule has 1 saturated heterocycles. The molecule has 1 heterocycles. The number of hydrogen-bond acceptors (Lipinski definition) is 4. The topological polar surface area (TPSA) is 55.8 Å². The third kappa shape index (κ3) is 5.16. The van der Waals surface area contributed by atoms with Gasteiger partial charge >= 0.3 is 0 Å². The van der Waals surface area contributed by atoms with Crippen molar-refractivity contribution in [2.24, 2.45) is 0 Å². The molecule has 18 heavy (non-hydrogen) atoms.